The summed E-state index contributed by atoms with van der Waals surface area (Å²) in [6, 6.07) is 7.94. The Labute approximate surface area is 203 Å². The molecule has 1 saturated heterocycles. The molecule has 1 aromatic rings. The largest absolute Gasteiger partial charge is 0.492 e. The lowest BCUT2D eigenvalue weighted by molar-refractivity contribution is -0.121. The minimum absolute atomic E-state index is 0. The molecule has 1 fully saturated rings. The lowest BCUT2D eigenvalue weighted by Gasteiger charge is -2.26. The monoisotopic (exact) mass is 547 g/mol. The van der Waals surface area contributed by atoms with Crippen LogP contribution in [0.1, 0.15) is 33.3 Å². The van der Waals surface area contributed by atoms with Gasteiger partial charge in [-0.15, -0.1) is 24.0 Å². The maximum Gasteiger partial charge on any atom is 0.239 e. The molecule has 1 aliphatic rings. The molecule has 176 valence electrons. The van der Waals surface area contributed by atoms with Crippen molar-refractivity contribution >= 4 is 35.8 Å². The quantitative estimate of drug-likeness (QED) is 0.249. The van der Waals surface area contributed by atoms with E-state index in [1.807, 2.05) is 52.0 Å². The minimum Gasteiger partial charge on any atom is -0.492 e. The number of aliphatic imine (C=N–C) groups is 1. The van der Waals surface area contributed by atoms with E-state index in [1.165, 1.54) is 0 Å². The van der Waals surface area contributed by atoms with Crippen LogP contribution in [0.15, 0.2) is 29.3 Å². The molecule has 8 nitrogen and oxygen atoms in total. The zero-order valence-electron chi connectivity index (χ0n) is 19.2. The fourth-order valence-electron chi connectivity index (χ4n) is 3.02. The van der Waals surface area contributed by atoms with E-state index in [2.05, 4.69) is 25.8 Å². The Morgan fingerprint density at radius 1 is 1.19 bits per heavy atom. The highest BCUT2D eigenvalue weighted by atomic mass is 127. The smallest absolute Gasteiger partial charge is 0.239 e. The van der Waals surface area contributed by atoms with Crippen LogP contribution in [0.3, 0.4) is 0 Å². The summed E-state index contributed by atoms with van der Waals surface area (Å²) in [6.45, 7) is 14.2. The molecular formula is C22H38IN5O3. The van der Waals surface area contributed by atoms with Gasteiger partial charge in [-0.05, 0) is 33.8 Å². The Hall–Kier alpha value is -1.59. The van der Waals surface area contributed by atoms with Gasteiger partial charge in [0.1, 0.15) is 12.4 Å². The van der Waals surface area contributed by atoms with Gasteiger partial charge in [0.2, 0.25) is 5.91 Å². The third-order valence-corrected chi connectivity index (χ3v) is 4.42. The molecule has 3 N–H and O–H groups in total. The van der Waals surface area contributed by atoms with Gasteiger partial charge in [0.15, 0.2) is 5.96 Å². The fraction of sp³-hybridized carbons (Fsp3) is 0.636. The molecule has 1 amide bonds. The van der Waals surface area contributed by atoms with Gasteiger partial charge < -0.3 is 25.4 Å². The molecule has 0 saturated carbocycles. The van der Waals surface area contributed by atoms with E-state index in [0.29, 0.717) is 25.7 Å². The second-order valence-corrected chi connectivity index (χ2v) is 8.26. The van der Waals surface area contributed by atoms with Gasteiger partial charge in [0.05, 0.1) is 26.3 Å². The Balaban J connectivity index is 0.00000480. The van der Waals surface area contributed by atoms with Crippen LogP contribution >= 0.6 is 24.0 Å². The van der Waals surface area contributed by atoms with Crippen LogP contribution < -0.4 is 20.7 Å². The first-order valence-corrected chi connectivity index (χ1v) is 10.7. The molecule has 0 unspecified atom stereocenters. The summed E-state index contributed by atoms with van der Waals surface area (Å²) in [7, 11) is 0. The first-order chi connectivity index (χ1) is 14.4. The van der Waals surface area contributed by atoms with E-state index in [4.69, 9.17) is 9.47 Å². The first kappa shape index (κ1) is 27.4. The van der Waals surface area contributed by atoms with E-state index >= 15 is 0 Å². The summed E-state index contributed by atoms with van der Waals surface area (Å²) < 4.78 is 11.4. The number of amides is 1. The number of halogens is 1. The summed E-state index contributed by atoms with van der Waals surface area (Å²) in [5.41, 5.74) is 0.752. The summed E-state index contributed by atoms with van der Waals surface area (Å²) in [5, 5.41) is 9.20. The Bertz CT molecular complexity index is 688. The Kier molecular flexibility index (Phi) is 12.8. The number of carbonyl (C=O) groups is 1. The third-order valence-electron chi connectivity index (χ3n) is 4.42. The van der Waals surface area contributed by atoms with Crippen molar-refractivity contribution in [1.82, 2.24) is 20.9 Å². The SMILES string of the molecule is CCNC(=NCc1ccccc1OCCN1CCOCC1)NCC(=O)NC(C)(C)C.I. The molecular weight excluding hydrogens is 509 g/mol. The minimum atomic E-state index is -0.258. The second kappa shape index (κ2) is 14.5. The summed E-state index contributed by atoms with van der Waals surface area (Å²) in [5.74, 6) is 1.38. The molecule has 1 heterocycles. The number of morpholine rings is 1. The lowest BCUT2D eigenvalue weighted by Crippen LogP contribution is -2.48. The zero-order chi connectivity index (χ0) is 21.8. The molecule has 9 heteroatoms. The highest BCUT2D eigenvalue weighted by Gasteiger charge is 2.14. The summed E-state index contributed by atoms with van der Waals surface area (Å²) >= 11 is 0. The maximum absolute atomic E-state index is 12.1. The average molecular weight is 547 g/mol. The van der Waals surface area contributed by atoms with Gasteiger partial charge >= 0.3 is 0 Å². The molecule has 2 rings (SSSR count). The average Bonchev–Trinajstić information content (AvgIpc) is 2.70. The second-order valence-electron chi connectivity index (χ2n) is 8.26. The number of guanidine groups is 1. The van der Waals surface area contributed by atoms with E-state index in [-0.39, 0.29) is 42.0 Å². The third kappa shape index (κ3) is 11.6. The predicted octanol–water partition coefficient (Wildman–Crippen LogP) is 1.99. The van der Waals surface area contributed by atoms with Gasteiger partial charge in [-0.1, -0.05) is 18.2 Å². The number of nitrogens with zero attached hydrogens (tertiary/aromatic N) is 2. The molecule has 0 bridgehead atoms. The molecule has 0 spiro atoms. The van der Waals surface area contributed by atoms with Gasteiger partial charge in [-0.2, -0.15) is 0 Å². The number of rotatable bonds is 9. The molecule has 31 heavy (non-hydrogen) atoms. The van der Waals surface area contributed by atoms with Crippen LogP contribution in [0, 0.1) is 0 Å². The summed E-state index contributed by atoms with van der Waals surface area (Å²) in [4.78, 5) is 19.0. The number of ether oxygens (including phenoxy) is 2. The van der Waals surface area contributed by atoms with Crippen molar-refractivity contribution in [2.45, 2.75) is 39.8 Å². The highest BCUT2D eigenvalue weighted by molar-refractivity contribution is 14.0. The fourth-order valence-corrected chi connectivity index (χ4v) is 3.02. The molecule has 0 aromatic heterocycles. The van der Waals surface area contributed by atoms with Crippen molar-refractivity contribution in [3.63, 3.8) is 0 Å². The Morgan fingerprint density at radius 3 is 2.58 bits per heavy atom. The molecule has 0 radical (unpaired) electrons. The Morgan fingerprint density at radius 2 is 1.90 bits per heavy atom. The highest BCUT2D eigenvalue weighted by Crippen LogP contribution is 2.19. The van der Waals surface area contributed by atoms with Crippen LogP contribution in [-0.4, -0.2) is 74.8 Å². The van der Waals surface area contributed by atoms with Gasteiger partial charge in [-0.3, -0.25) is 9.69 Å². The van der Waals surface area contributed by atoms with E-state index in [1.54, 1.807) is 0 Å². The van der Waals surface area contributed by atoms with Crippen LogP contribution in [0.5, 0.6) is 5.75 Å². The van der Waals surface area contributed by atoms with Crippen molar-refractivity contribution in [1.29, 1.82) is 0 Å². The molecule has 1 aromatic carbocycles. The molecule has 0 aliphatic carbocycles. The number of benzene rings is 1. The number of nitrogens with one attached hydrogen (secondary N) is 3. The number of hydrogen-bond acceptors (Lipinski definition) is 5. The van der Waals surface area contributed by atoms with Crippen molar-refractivity contribution in [2.24, 2.45) is 4.99 Å². The van der Waals surface area contributed by atoms with Crippen molar-refractivity contribution in [3.8, 4) is 5.75 Å². The molecule has 1 aliphatic heterocycles. The number of carbonyl (C=O) groups excluding carboxylic acids is 1. The van der Waals surface area contributed by atoms with Gasteiger partial charge in [0.25, 0.3) is 0 Å². The van der Waals surface area contributed by atoms with Gasteiger partial charge in [0, 0.05) is 37.3 Å². The van der Waals surface area contributed by atoms with Crippen molar-refractivity contribution < 1.29 is 14.3 Å². The van der Waals surface area contributed by atoms with Crippen LogP contribution in [-0.2, 0) is 16.1 Å². The van der Waals surface area contributed by atoms with Crippen LogP contribution in [0.25, 0.3) is 0 Å². The van der Waals surface area contributed by atoms with Crippen molar-refractivity contribution in [2.75, 3.05) is 52.5 Å². The summed E-state index contributed by atoms with van der Waals surface area (Å²) in [6.07, 6.45) is 0. The zero-order valence-corrected chi connectivity index (χ0v) is 21.5. The van der Waals surface area contributed by atoms with E-state index in [0.717, 1.165) is 44.2 Å². The normalized spacial score (nSPS) is 15.0. The lowest BCUT2D eigenvalue weighted by atomic mass is 10.1. The number of para-hydroxylation sites is 1. The number of hydrogen-bond donors (Lipinski definition) is 3. The molecule has 0 atom stereocenters. The first-order valence-electron chi connectivity index (χ1n) is 10.7. The topological polar surface area (TPSA) is 87.2 Å². The standard InChI is InChI=1S/C22H37N5O3.HI/c1-5-23-21(25-17-20(28)26-22(2,3)4)24-16-18-8-6-7-9-19(18)30-15-12-27-10-13-29-14-11-27;/h6-9H,5,10-17H2,1-4H3,(H,26,28)(H2,23,24,25);1H. The van der Waals surface area contributed by atoms with E-state index in [9.17, 15) is 4.79 Å². The van der Waals surface area contributed by atoms with Crippen LogP contribution in [0.2, 0.25) is 0 Å². The predicted molar refractivity (Wildman–Crippen MR) is 135 cm³/mol. The van der Waals surface area contributed by atoms with Gasteiger partial charge in [-0.25, -0.2) is 4.99 Å². The van der Waals surface area contributed by atoms with Crippen molar-refractivity contribution in [3.05, 3.63) is 29.8 Å². The van der Waals surface area contributed by atoms with E-state index < -0.39 is 0 Å². The maximum atomic E-state index is 12.1. The van der Waals surface area contributed by atoms with Crippen LogP contribution in [0.4, 0.5) is 0 Å².